The number of amides is 1. The molecular formula is C60H107NO10. The Morgan fingerprint density at radius 1 is 0.549 bits per heavy atom. The van der Waals surface area contributed by atoms with Crippen LogP contribution in [0.3, 0.4) is 0 Å². The van der Waals surface area contributed by atoms with Crippen LogP contribution in [0.4, 0.5) is 0 Å². The molecule has 412 valence electrons. The summed E-state index contributed by atoms with van der Waals surface area (Å²) >= 11 is 0. The highest BCUT2D eigenvalue weighted by Gasteiger charge is 2.47. The summed E-state index contributed by atoms with van der Waals surface area (Å²) < 4.78 is 17.5. The molecule has 1 rings (SSSR count). The van der Waals surface area contributed by atoms with Crippen LogP contribution >= 0.6 is 0 Å². The summed E-state index contributed by atoms with van der Waals surface area (Å²) in [6.07, 6.45) is 48.3. The van der Waals surface area contributed by atoms with Crippen LogP contribution in [0.5, 0.6) is 0 Å². The van der Waals surface area contributed by atoms with E-state index in [1.54, 1.807) is 6.08 Å². The van der Waals surface area contributed by atoms with E-state index in [2.05, 4.69) is 74.7 Å². The lowest BCUT2D eigenvalue weighted by Gasteiger charge is -2.41. The summed E-state index contributed by atoms with van der Waals surface area (Å²) in [6, 6.07) is -1.04. The lowest BCUT2D eigenvalue weighted by molar-refractivity contribution is -0.305. The molecule has 0 bridgehead atoms. The van der Waals surface area contributed by atoms with Crippen LogP contribution in [-0.2, 0) is 23.8 Å². The number of ether oxygens (including phenoxy) is 3. The van der Waals surface area contributed by atoms with Gasteiger partial charge < -0.3 is 45.1 Å². The highest BCUT2D eigenvalue weighted by Crippen LogP contribution is 2.26. The Hall–Kier alpha value is -2.64. The average Bonchev–Trinajstić information content (AvgIpc) is 3.37. The molecule has 1 aliphatic heterocycles. The second-order valence-corrected chi connectivity index (χ2v) is 20.0. The van der Waals surface area contributed by atoms with E-state index in [0.29, 0.717) is 12.8 Å². The third-order valence-corrected chi connectivity index (χ3v) is 13.4. The molecule has 11 heteroatoms. The Labute approximate surface area is 433 Å². The summed E-state index contributed by atoms with van der Waals surface area (Å²) in [7, 11) is 0. The van der Waals surface area contributed by atoms with Crippen molar-refractivity contribution in [2.45, 2.75) is 294 Å². The molecule has 0 spiro atoms. The summed E-state index contributed by atoms with van der Waals surface area (Å²) in [5.74, 6) is -1.23. The number of unbranched alkanes of at least 4 members (excludes halogenated alkanes) is 26. The lowest BCUT2D eigenvalue weighted by atomic mass is 9.99. The zero-order valence-corrected chi connectivity index (χ0v) is 45.3. The van der Waals surface area contributed by atoms with E-state index in [9.17, 15) is 35.1 Å². The first-order valence-corrected chi connectivity index (χ1v) is 29.1. The number of carbonyl (C=O) groups is 2. The predicted molar refractivity (Wildman–Crippen MR) is 292 cm³/mol. The molecule has 71 heavy (non-hydrogen) atoms. The van der Waals surface area contributed by atoms with Crippen molar-refractivity contribution in [2.24, 2.45) is 0 Å². The number of esters is 1. The SMILES string of the molecule is CCCCC/C=C\C/C=C\C/C=C\C/C=C\CCCCC(O)C(=O)NC(COC1OC(CO)C(O)C(O)C1OC(=O)CCCCCCCCCCCCC)C(O)/C=C/CCCCCCCCCCCCC. The molecule has 8 atom stereocenters. The molecule has 6 N–H and O–H groups in total. The van der Waals surface area contributed by atoms with Crippen LogP contribution in [0.15, 0.2) is 60.8 Å². The molecule has 1 amide bonds. The van der Waals surface area contributed by atoms with Gasteiger partial charge in [0.2, 0.25) is 5.91 Å². The van der Waals surface area contributed by atoms with Gasteiger partial charge in [-0.25, -0.2) is 0 Å². The van der Waals surface area contributed by atoms with E-state index in [-0.39, 0.29) is 19.4 Å². The van der Waals surface area contributed by atoms with Crippen LogP contribution in [0.25, 0.3) is 0 Å². The minimum absolute atomic E-state index is 0.120. The largest absolute Gasteiger partial charge is 0.454 e. The van der Waals surface area contributed by atoms with Crippen LogP contribution in [0, 0.1) is 0 Å². The molecule has 8 unspecified atom stereocenters. The number of allylic oxidation sites excluding steroid dienone is 9. The molecule has 0 aromatic rings. The summed E-state index contributed by atoms with van der Waals surface area (Å²) in [4.78, 5) is 26.4. The maximum atomic E-state index is 13.4. The minimum Gasteiger partial charge on any atom is -0.454 e. The number of hydrogen-bond acceptors (Lipinski definition) is 10. The fraction of sp³-hybridized carbons (Fsp3) is 0.800. The third kappa shape index (κ3) is 36.9. The molecule has 0 radical (unpaired) electrons. The van der Waals surface area contributed by atoms with Gasteiger partial charge >= 0.3 is 5.97 Å². The van der Waals surface area contributed by atoms with Crippen LogP contribution < -0.4 is 5.32 Å². The quantitative estimate of drug-likeness (QED) is 0.0196. The van der Waals surface area contributed by atoms with E-state index in [1.165, 1.54) is 122 Å². The summed E-state index contributed by atoms with van der Waals surface area (Å²) in [6.45, 7) is 5.72. The molecule has 1 saturated heterocycles. The van der Waals surface area contributed by atoms with Crippen molar-refractivity contribution in [3.05, 3.63) is 60.8 Å². The smallest absolute Gasteiger partial charge is 0.306 e. The standard InChI is InChI=1S/C60H107NO10/c1-4-7-10-13-16-19-22-24-25-26-27-28-30-33-35-38-41-44-47-53(64)59(68)61-51(52(63)46-43-40-37-34-32-29-23-20-17-14-11-8-5-2)50-69-60-58(57(67)56(66)54(49-62)70-60)71-55(65)48-45-42-39-36-31-21-18-15-12-9-6-3/h16,19,24-25,27-28,33,35,43,46,51-54,56-58,60,62-64,66-67H,4-15,17-18,20-23,26,29-32,34,36-42,44-45,47-50H2,1-3H3,(H,61,68)/b19-16-,25-24-,28-27-,35-33-,46-43+. The normalized spacial score (nSPS) is 20.0. The number of hydrogen-bond donors (Lipinski definition) is 6. The van der Waals surface area contributed by atoms with Gasteiger partial charge in [0.05, 0.1) is 25.4 Å². The van der Waals surface area contributed by atoms with E-state index < -0.39 is 67.4 Å². The average molecular weight is 1000 g/mol. The maximum Gasteiger partial charge on any atom is 0.306 e. The Morgan fingerprint density at radius 2 is 0.972 bits per heavy atom. The molecule has 1 fully saturated rings. The zero-order chi connectivity index (χ0) is 51.8. The van der Waals surface area contributed by atoms with Gasteiger partial charge in [-0.15, -0.1) is 0 Å². The highest BCUT2D eigenvalue weighted by molar-refractivity contribution is 5.80. The molecule has 0 aromatic heterocycles. The van der Waals surface area contributed by atoms with E-state index in [0.717, 1.165) is 77.0 Å². The van der Waals surface area contributed by atoms with Crippen LogP contribution in [0.2, 0.25) is 0 Å². The van der Waals surface area contributed by atoms with Gasteiger partial charge in [-0.1, -0.05) is 229 Å². The zero-order valence-electron chi connectivity index (χ0n) is 45.3. The number of aliphatic hydroxyl groups is 5. The van der Waals surface area contributed by atoms with Gasteiger partial charge in [-0.05, 0) is 70.6 Å². The van der Waals surface area contributed by atoms with Crippen LogP contribution in [-0.4, -0.2) is 99.6 Å². The van der Waals surface area contributed by atoms with Gasteiger partial charge in [0.15, 0.2) is 12.4 Å². The van der Waals surface area contributed by atoms with Gasteiger partial charge in [0.1, 0.15) is 24.4 Å². The van der Waals surface area contributed by atoms with Crippen molar-refractivity contribution in [1.29, 1.82) is 0 Å². The van der Waals surface area contributed by atoms with Gasteiger partial charge in [-0.3, -0.25) is 9.59 Å². The number of aliphatic hydroxyl groups excluding tert-OH is 5. The van der Waals surface area contributed by atoms with Crippen molar-refractivity contribution >= 4 is 11.9 Å². The molecule has 11 nitrogen and oxygen atoms in total. The van der Waals surface area contributed by atoms with Crippen molar-refractivity contribution in [1.82, 2.24) is 5.32 Å². The second kappa shape index (κ2) is 48.3. The first kappa shape index (κ1) is 66.4. The number of rotatable bonds is 48. The Morgan fingerprint density at radius 3 is 1.48 bits per heavy atom. The highest BCUT2D eigenvalue weighted by atomic mass is 16.7. The fourth-order valence-electron chi connectivity index (χ4n) is 8.75. The molecule has 1 aliphatic rings. The lowest BCUT2D eigenvalue weighted by Crippen LogP contribution is -2.61. The summed E-state index contributed by atoms with van der Waals surface area (Å²) in [5.41, 5.74) is 0. The van der Waals surface area contributed by atoms with Crippen molar-refractivity contribution in [3.63, 3.8) is 0 Å². The van der Waals surface area contributed by atoms with Crippen molar-refractivity contribution < 1.29 is 49.3 Å². The van der Waals surface area contributed by atoms with Crippen molar-refractivity contribution in [3.8, 4) is 0 Å². The van der Waals surface area contributed by atoms with Gasteiger partial charge in [-0.2, -0.15) is 0 Å². The summed E-state index contributed by atoms with van der Waals surface area (Å²) in [5, 5.41) is 56.8. The van der Waals surface area contributed by atoms with Gasteiger partial charge in [0, 0.05) is 6.42 Å². The van der Waals surface area contributed by atoms with E-state index in [4.69, 9.17) is 14.2 Å². The number of carbonyl (C=O) groups excluding carboxylic acids is 2. The molecule has 0 saturated carbocycles. The molecule has 0 aromatic carbocycles. The second-order valence-electron chi connectivity index (χ2n) is 20.0. The topological polar surface area (TPSA) is 175 Å². The van der Waals surface area contributed by atoms with E-state index >= 15 is 0 Å². The van der Waals surface area contributed by atoms with Crippen molar-refractivity contribution in [2.75, 3.05) is 13.2 Å². The molecular weight excluding hydrogens is 895 g/mol. The van der Waals surface area contributed by atoms with E-state index in [1.807, 2.05) is 6.08 Å². The maximum absolute atomic E-state index is 13.4. The number of nitrogens with one attached hydrogen (secondary N) is 1. The van der Waals surface area contributed by atoms with Crippen LogP contribution in [0.1, 0.15) is 245 Å². The van der Waals surface area contributed by atoms with Gasteiger partial charge in [0.25, 0.3) is 0 Å². The molecule has 1 heterocycles. The Kier molecular flexibility index (Phi) is 45.2. The Bertz CT molecular complexity index is 1380. The predicted octanol–water partition coefficient (Wildman–Crippen LogP) is 13.1. The molecule has 0 aliphatic carbocycles. The Balaban J connectivity index is 2.76. The first-order valence-electron chi connectivity index (χ1n) is 29.1. The first-order chi connectivity index (χ1) is 34.7. The third-order valence-electron chi connectivity index (χ3n) is 13.4. The monoisotopic (exact) mass is 1000 g/mol. The minimum atomic E-state index is -1.62. The fourth-order valence-corrected chi connectivity index (χ4v) is 8.75.